The minimum Gasteiger partial charge on any atom is -0.339 e. The molecule has 1 amide bonds. The quantitative estimate of drug-likeness (QED) is 0.866. The SMILES string of the molecule is O=C(CC1CC2CCC(C1)N2)N1CCCC1C1CCCCC1. The second-order valence-corrected chi connectivity index (χ2v) is 8.37. The van der Waals surface area contributed by atoms with Crippen LogP contribution in [0, 0.1) is 11.8 Å². The van der Waals surface area contributed by atoms with Crippen LogP contribution in [0.2, 0.25) is 0 Å². The highest BCUT2D eigenvalue weighted by Crippen LogP contribution is 2.37. The van der Waals surface area contributed by atoms with Crippen molar-refractivity contribution in [2.45, 2.75) is 95.2 Å². The summed E-state index contributed by atoms with van der Waals surface area (Å²) in [6, 6.07) is 2.01. The Morgan fingerprint density at radius 1 is 0.909 bits per heavy atom. The summed E-state index contributed by atoms with van der Waals surface area (Å²) in [5.41, 5.74) is 0. The summed E-state index contributed by atoms with van der Waals surface area (Å²) in [6.07, 6.45) is 15.4. The van der Waals surface area contributed by atoms with E-state index in [4.69, 9.17) is 0 Å². The number of likely N-dealkylation sites (tertiary alicyclic amines) is 1. The van der Waals surface area contributed by atoms with Crippen LogP contribution in [0.1, 0.15) is 77.0 Å². The zero-order chi connectivity index (χ0) is 14.9. The van der Waals surface area contributed by atoms with Crippen LogP contribution in [0.25, 0.3) is 0 Å². The summed E-state index contributed by atoms with van der Waals surface area (Å²) in [7, 11) is 0. The molecule has 1 N–H and O–H groups in total. The van der Waals surface area contributed by atoms with Crippen LogP contribution in [-0.2, 0) is 4.79 Å². The van der Waals surface area contributed by atoms with Gasteiger partial charge in [0.05, 0.1) is 0 Å². The van der Waals surface area contributed by atoms with Crippen LogP contribution in [0.4, 0.5) is 0 Å². The van der Waals surface area contributed by atoms with Gasteiger partial charge in [-0.15, -0.1) is 0 Å². The summed E-state index contributed by atoms with van der Waals surface area (Å²) >= 11 is 0. The fourth-order valence-corrected chi connectivity index (χ4v) is 5.82. The van der Waals surface area contributed by atoms with Gasteiger partial charge in [-0.3, -0.25) is 4.79 Å². The van der Waals surface area contributed by atoms with E-state index < -0.39 is 0 Å². The molecule has 3 heterocycles. The molecule has 124 valence electrons. The third-order valence-electron chi connectivity index (χ3n) is 6.85. The van der Waals surface area contributed by atoms with Crippen LogP contribution in [0.5, 0.6) is 0 Å². The molecule has 0 aromatic rings. The van der Waals surface area contributed by atoms with Crippen molar-refractivity contribution in [1.82, 2.24) is 10.2 Å². The molecule has 3 atom stereocenters. The van der Waals surface area contributed by atoms with E-state index in [1.54, 1.807) is 0 Å². The van der Waals surface area contributed by atoms with Gasteiger partial charge in [-0.25, -0.2) is 0 Å². The maximum Gasteiger partial charge on any atom is 0.223 e. The normalized spacial score (nSPS) is 39.4. The fraction of sp³-hybridized carbons (Fsp3) is 0.947. The number of nitrogens with one attached hydrogen (secondary N) is 1. The van der Waals surface area contributed by atoms with Crippen LogP contribution in [-0.4, -0.2) is 35.5 Å². The Balaban J connectivity index is 1.34. The standard InChI is InChI=1S/C19H32N2O/c22-19(13-14-11-16-8-9-17(12-14)20-16)21-10-4-7-18(21)15-5-2-1-3-6-15/h14-18,20H,1-13H2. The Kier molecular flexibility index (Phi) is 4.43. The van der Waals surface area contributed by atoms with Crippen molar-refractivity contribution >= 4 is 5.91 Å². The maximum absolute atomic E-state index is 12.9. The second kappa shape index (κ2) is 6.51. The van der Waals surface area contributed by atoms with Crippen LogP contribution >= 0.6 is 0 Å². The predicted octanol–water partition coefficient (Wildman–Crippen LogP) is 3.48. The van der Waals surface area contributed by atoms with E-state index >= 15 is 0 Å². The number of hydrogen-bond donors (Lipinski definition) is 1. The molecule has 0 spiro atoms. The van der Waals surface area contributed by atoms with Crippen molar-refractivity contribution in [2.75, 3.05) is 6.54 Å². The van der Waals surface area contributed by atoms with Gasteiger partial charge in [0.25, 0.3) is 0 Å². The molecule has 0 aromatic heterocycles. The average molecular weight is 304 g/mol. The van der Waals surface area contributed by atoms with Gasteiger partial charge in [-0.1, -0.05) is 19.3 Å². The van der Waals surface area contributed by atoms with Crippen LogP contribution in [0.15, 0.2) is 0 Å². The number of carbonyl (C=O) groups is 1. The molecule has 4 rings (SSSR count). The first kappa shape index (κ1) is 15.0. The maximum atomic E-state index is 12.9. The van der Waals surface area contributed by atoms with E-state index in [9.17, 15) is 4.79 Å². The molecule has 0 aromatic carbocycles. The fourth-order valence-electron chi connectivity index (χ4n) is 5.82. The van der Waals surface area contributed by atoms with E-state index in [1.165, 1.54) is 70.6 Å². The van der Waals surface area contributed by atoms with Crippen molar-refractivity contribution < 1.29 is 4.79 Å². The van der Waals surface area contributed by atoms with Crippen molar-refractivity contribution in [3.8, 4) is 0 Å². The average Bonchev–Trinajstić information content (AvgIpc) is 3.15. The Morgan fingerprint density at radius 3 is 2.36 bits per heavy atom. The zero-order valence-electron chi connectivity index (χ0n) is 13.9. The van der Waals surface area contributed by atoms with Crippen molar-refractivity contribution in [3.63, 3.8) is 0 Å². The summed E-state index contributed by atoms with van der Waals surface area (Å²) in [4.78, 5) is 15.2. The highest BCUT2D eigenvalue weighted by molar-refractivity contribution is 5.77. The van der Waals surface area contributed by atoms with Gasteiger partial charge in [0.15, 0.2) is 0 Å². The number of piperidine rings is 1. The molecule has 4 fully saturated rings. The molecule has 3 nitrogen and oxygen atoms in total. The monoisotopic (exact) mass is 304 g/mol. The first-order valence-corrected chi connectivity index (χ1v) is 9.85. The highest BCUT2D eigenvalue weighted by atomic mass is 16.2. The highest BCUT2D eigenvalue weighted by Gasteiger charge is 2.38. The van der Waals surface area contributed by atoms with Crippen LogP contribution in [0.3, 0.4) is 0 Å². The topological polar surface area (TPSA) is 32.3 Å². The van der Waals surface area contributed by atoms with E-state index in [0.717, 1.165) is 18.9 Å². The molecule has 0 radical (unpaired) electrons. The van der Waals surface area contributed by atoms with Gasteiger partial charge in [-0.05, 0) is 63.2 Å². The molecule has 4 aliphatic rings. The van der Waals surface area contributed by atoms with E-state index in [-0.39, 0.29) is 0 Å². The molecule has 1 aliphatic carbocycles. The first-order chi connectivity index (χ1) is 10.8. The lowest BCUT2D eigenvalue weighted by atomic mass is 9.82. The second-order valence-electron chi connectivity index (χ2n) is 8.37. The van der Waals surface area contributed by atoms with Crippen LogP contribution < -0.4 is 5.32 Å². The lowest BCUT2D eigenvalue weighted by Crippen LogP contribution is -2.43. The summed E-state index contributed by atoms with van der Waals surface area (Å²) in [6.45, 7) is 1.04. The van der Waals surface area contributed by atoms with Crippen molar-refractivity contribution in [1.29, 1.82) is 0 Å². The number of amides is 1. The van der Waals surface area contributed by atoms with Gasteiger partial charge in [0.2, 0.25) is 5.91 Å². The molecule has 2 bridgehead atoms. The molecule has 3 unspecified atom stereocenters. The largest absolute Gasteiger partial charge is 0.339 e. The Labute approximate surface area is 135 Å². The minimum absolute atomic E-state index is 0.486. The molecule has 22 heavy (non-hydrogen) atoms. The minimum atomic E-state index is 0.486. The molecular weight excluding hydrogens is 272 g/mol. The third kappa shape index (κ3) is 3.06. The third-order valence-corrected chi connectivity index (χ3v) is 6.85. The molecule has 3 aliphatic heterocycles. The molecule has 1 saturated carbocycles. The van der Waals surface area contributed by atoms with Gasteiger partial charge >= 0.3 is 0 Å². The number of rotatable bonds is 3. The Bertz CT molecular complexity index is 392. The predicted molar refractivity (Wildman–Crippen MR) is 88.6 cm³/mol. The number of nitrogens with zero attached hydrogens (tertiary/aromatic N) is 1. The molecule has 3 heteroatoms. The van der Waals surface area contributed by atoms with E-state index in [0.29, 0.717) is 30.0 Å². The van der Waals surface area contributed by atoms with Gasteiger partial charge < -0.3 is 10.2 Å². The van der Waals surface area contributed by atoms with E-state index in [1.807, 2.05) is 0 Å². The molecule has 3 saturated heterocycles. The van der Waals surface area contributed by atoms with Gasteiger partial charge in [0.1, 0.15) is 0 Å². The lowest BCUT2D eigenvalue weighted by molar-refractivity contribution is -0.134. The first-order valence-electron chi connectivity index (χ1n) is 9.85. The Morgan fingerprint density at radius 2 is 1.64 bits per heavy atom. The van der Waals surface area contributed by atoms with Crippen molar-refractivity contribution in [3.05, 3.63) is 0 Å². The lowest BCUT2D eigenvalue weighted by Gasteiger charge is -2.36. The van der Waals surface area contributed by atoms with Gasteiger partial charge in [-0.2, -0.15) is 0 Å². The van der Waals surface area contributed by atoms with Crippen molar-refractivity contribution in [2.24, 2.45) is 11.8 Å². The number of hydrogen-bond acceptors (Lipinski definition) is 2. The van der Waals surface area contributed by atoms with E-state index in [2.05, 4.69) is 10.2 Å². The molecular formula is C19H32N2O. The zero-order valence-corrected chi connectivity index (χ0v) is 13.9. The summed E-state index contributed by atoms with van der Waals surface area (Å²) in [5, 5.41) is 3.70. The van der Waals surface area contributed by atoms with Gasteiger partial charge in [0, 0.05) is 31.1 Å². The summed E-state index contributed by atoms with van der Waals surface area (Å²) in [5.74, 6) is 1.95. The smallest absolute Gasteiger partial charge is 0.223 e. The number of fused-ring (bicyclic) bond motifs is 2. The Hall–Kier alpha value is -0.570. The summed E-state index contributed by atoms with van der Waals surface area (Å²) < 4.78 is 0. The number of carbonyl (C=O) groups excluding carboxylic acids is 1.